The van der Waals surface area contributed by atoms with Crippen LogP contribution >= 0.6 is 23.4 Å². The third-order valence-electron chi connectivity index (χ3n) is 7.62. The molecule has 9 heteroatoms. The molecule has 6 rings (SSSR count). The largest absolute Gasteiger partial charge is 0.383 e. The Morgan fingerprint density at radius 2 is 1.94 bits per heavy atom. The van der Waals surface area contributed by atoms with Crippen LogP contribution < -0.4 is 16.4 Å². The Morgan fingerprint density at radius 3 is 2.71 bits per heavy atom. The number of hydrogen-bond acceptors (Lipinski definition) is 7. The van der Waals surface area contributed by atoms with Crippen molar-refractivity contribution in [2.24, 2.45) is 11.1 Å². The monoisotopic (exact) mass is 505 g/mol. The van der Waals surface area contributed by atoms with E-state index in [1.54, 1.807) is 12.4 Å². The molecular weight excluding hydrogens is 478 g/mol. The molecular formula is C26H28ClN7S. The van der Waals surface area contributed by atoms with Gasteiger partial charge >= 0.3 is 0 Å². The lowest BCUT2D eigenvalue weighted by molar-refractivity contribution is 0.187. The molecule has 4 heterocycles. The molecule has 1 aromatic carbocycles. The van der Waals surface area contributed by atoms with Gasteiger partial charge in [-0.3, -0.25) is 9.38 Å². The van der Waals surface area contributed by atoms with Gasteiger partial charge in [-0.05, 0) is 48.3 Å². The number of fused-ring (bicyclic) bond motifs is 2. The van der Waals surface area contributed by atoms with Crippen molar-refractivity contribution in [1.29, 1.82) is 0 Å². The van der Waals surface area contributed by atoms with Gasteiger partial charge in [0.2, 0.25) is 5.95 Å². The van der Waals surface area contributed by atoms with Crippen LogP contribution in [0.5, 0.6) is 0 Å². The number of benzene rings is 1. The van der Waals surface area contributed by atoms with Crippen molar-refractivity contribution in [1.82, 2.24) is 19.4 Å². The first-order chi connectivity index (χ1) is 17.0. The number of aryl methyl sites for hydroxylation is 1. The third-order valence-corrected chi connectivity index (χ3v) is 9.31. The smallest absolute Gasteiger partial charge is 0.213 e. The van der Waals surface area contributed by atoms with Gasteiger partial charge in [0.05, 0.1) is 15.6 Å². The second kappa shape index (κ2) is 8.69. The third kappa shape index (κ3) is 3.66. The summed E-state index contributed by atoms with van der Waals surface area (Å²) in [6.07, 6.45) is 9.38. The predicted octanol–water partition coefficient (Wildman–Crippen LogP) is 4.92. The van der Waals surface area contributed by atoms with Gasteiger partial charge in [-0.15, -0.1) is 0 Å². The Hall–Kier alpha value is -2.81. The number of halogens is 1. The van der Waals surface area contributed by atoms with Crippen LogP contribution in [-0.4, -0.2) is 32.4 Å². The predicted molar refractivity (Wildman–Crippen MR) is 141 cm³/mol. The Labute approximate surface area is 213 Å². The fourth-order valence-corrected chi connectivity index (χ4v) is 6.95. The number of pyridine rings is 1. The molecule has 0 amide bonds. The van der Waals surface area contributed by atoms with E-state index < -0.39 is 0 Å². The highest BCUT2D eigenvalue weighted by Crippen LogP contribution is 2.51. The fraction of sp³-hybridized carbons (Fsp3) is 0.346. The molecule has 3 aromatic heterocycles. The SMILES string of the molecule is CCc1nccc(Sc2c(N)nc(N3CCC4(CC3)Cc3ccccc3[C@H]4N)n3ccnc23)c1Cl. The van der Waals surface area contributed by atoms with E-state index in [1.165, 1.54) is 22.9 Å². The zero-order valence-corrected chi connectivity index (χ0v) is 21.2. The van der Waals surface area contributed by atoms with Gasteiger partial charge in [0.15, 0.2) is 5.65 Å². The zero-order valence-electron chi connectivity index (χ0n) is 19.6. The molecule has 35 heavy (non-hydrogen) atoms. The number of nitrogens with zero attached hydrogens (tertiary/aromatic N) is 5. The van der Waals surface area contributed by atoms with Crippen molar-refractivity contribution in [2.45, 2.75) is 48.4 Å². The van der Waals surface area contributed by atoms with Gasteiger partial charge in [0.1, 0.15) is 5.82 Å². The minimum atomic E-state index is 0.0871. The van der Waals surface area contributed by atoms with Crippen LogP contribution in [0.2, 0.25) is 5.02 Å². The molecule has 180 valence electrons. The number of piperidine rings is 1. The second-order valence-electron chi connectivity index (χ2n) is 9.48. The van der Waals surface area contributed by atoms with Crippen LogP contribution in [0.25, 0.3) is 5.65 Å². The number of imidazole rings is 1. The van der Waals surface area contributed by atoms with E-state index in [0.717, 1.165) is 65.9 Å². The van der Waals surface area contributed by atoms with Crippen LogP contribution in [0, 0.1) is 5.41 Å². The first kappa shape index (κ1) is 22.6. The van der Waals surface area contributed by atoms with E-state index in [4.69, 9.17) is 28.1 Å². The summed E-state index contributed by atoms with van der Waals surface area (Å²) in [6.45, 7) is 3.80. The van der Waals surface area contributed by atoms with E-state index in [9.17, 15) is 0 Å². The number of nitrogen functional groups attached to an aromatic ring is 1. The van der Waals surface area contributed by atoms with Crippen LogP contribution in [-0.2, 0) is 12.8 Å². The summed E-state index contributed by atoms with van der Waals surface area (Å²) >= 11 is 8.09. The van der Waals surface area contributed by atoms with Gasteiger partial charge in [0.25, 0.3) is 0 Å². The zero-order chi connectivity index (χ0) is 24.2. The Kier molecular flexibility index (Phi) is 5.62. The van der Waals surface area contributed by atoms with Crippen molar-refractivity contribution in [2.75, 3.05) is 23.7 Å². The summed E-state index contributed by atoms with van der Waals surface area (Å²) in [5.41, 5.74) is 17.8. The topological polar surface area (TPSA) is 98.4 Å². The highest BCUT2D eigenvalue weighted by molar-refractivity contribution is 7.99. The first-order valence-electron chi connectivity index (χ1n) is 12.0. The molecule has 0 saturated carbocycles. The van der Waals surface area contributed by atoms with Crippen LogP contribution in [0.15, 0.2) is 58.7 Å². The number of rotatable bonds is 4. The maximum atomic E-state index is 6.78. The maximum absolute atomic E-state index is 6.78. The molecule has 4 aromatic rings. The molecule has 7 nitrogen and oxygen atoms in total. The van der Waals surface area contributed by atoms with Gasteiger partial charge in [-0.25, -0.2) is 4.98 Å². The quantitative estimate of drug-likeness (QED) is 0.406. The molecule has 1 atom stereocenters. The van der Waals surface area contributed by atoms with E-state index in [0.29, 0.717) is 10.8 Å². The Balaban J connectivity index is 1.28. The number of nitrogens with two attached hydrogens (primary N) is 2. The lowest BCUT2D eigenvalue weighted by atomic mass is 9.73. The van der Waals surface area contributed by atoms with E-state index >= 15 is 0 Å². The van der Waals surface area contributed by atoms with Crippen molar-refractivity contribution >= 4 is 40.8 Å². The minimum absolute atomic E-state index is 0.0871. The summed E-state index contributed by atoms with van der Waals surface area (Å²) in [4.78, 5) is 17.9. The molecule has 0 unspecified atom stereocenters. The second-order valence-corrected chi connectivity index (χ2v) is 10.9. The van der Waals surface area contributed by atoms with Crippen molar-refractivity contribution in [3.05, 3.63) is 70.8 Å². The van der Waals surface area contributed by atoms with E-state index in [2.05, 4.69) is 39.1 Å². The lowest BCUT2D eigenvalue weighted by Gasteiger charge is -2.42. The molecule has 1 aliphatic carbocycles. The van der Waals surface area contributed by atoms with Crippen molar-refractivity contribution in [3.63, 3.8) is 0 Å². The average molecular weight is 506 g/mol. The number of aromatic nitrogens is 4. The summed E-state index contributed by atoms with van der Waals surface area (Å²) in [7, 11) is 0. The van der Waals surface area contributed by atoms with Gasteiger partial charge in [-0.2, -0.15) is 4.98 Å². The van der Waals surface area contributed by atoms with Gasteiger partial charge in [0, 0.05) is 42.6 Å². The summed E-state index contributed by atoms with van der Waals surface area (Å²) in [5, 5.41) is 0.656. The van der Waals surface area contributed by atoms with E-state index in [1.807, 2.05) is 23.6 Å². The Bertz CT molecular complexity index is 1410. The van der Waals surface area contributed by atoms with Gasteiger partial charge < -0.3 is 16.4 Å². The first-order valence-corrected chi connectivity index (χ1v) is 13.2. The normalized spacial score (nSPS) is 18.9. The summed E-state index contributed by atoms with van der Waals surface area (Å²) < 4.78 is 2.04. The average Bonchev–Trinajstić information content (AvgIpc) is 3.46. The molecule has 1 aliphatic heterocycles. The summed E-state index contributed by atoms with van der Waals surface area (Å²) in [5.74, 6) is 1.29. The van der Waals surface area contributed by atoms with Crippen LogP contribution in [0.1, 0.15) is 42.6 Å². The molecule has 1 saturated heterocycles. The molecule has 0 radical (unpaired) electrons. The lowest BCUT2D eigenvalue weighted by Crippen LogP contribution is -2.45. The fourth-order valence-electron chi connectivity index (χ4n) is 5.64. The standard InChI is InChI=1S/C26H28ClN7S/c1-2-18-20(27)19(7-10-30-18)35-21-23(29)32-25(34-14-11-31-24(21)34)33-12-8-26(9-13-33)15-16-5-3-4-6-17(16)22(26)28/h3-7,10-11,14,22H,2,8-9,12-13,15,28-29H2,1H3/t22-/m1/s1. The highest BCUT2D eigenvalue weighted by atomic mass is 35.5. The molecule has 0 bridgehead atoms. The van der Waals surface area contributed by atoms with E-state index in [-0.39, 0.29) is 11.5 Å². The van der Waals surface area contributed by atoms with Crippen molar-refractivity contribution < 1.29 is 0 Å². The molecule has 1 spiro atoms. The molecule has 2 aliphatic rings. The van der Waals surface area contributed by atoms with Crippen LogP contribution in [0.3, 0.4) is 0 Å². The van der Waals surface area contributed by atoms with Crippen molar-refractivity contribution in [3.8, 4) is 0 Å². The number of anilines is 2. The minimum Gasteiger partial charge on any atom is -0.383 e. The maximum Gasteiger partial charge on any atom is 0.213 e. The molecule has 4 N–H and O–H groups in total. The van der Waals surface area contributed by atoms with Crippen LogP contribution in [0.4, 0.5) is 11.8 Å². The Morgan fingerprint density at radius 1 is 1.14 bits per heavy atom. The highest BCUT2D eigenvalue weighted by Gasteiger charge is 2.46. The summed E-state index contributed by atoms with van der Waals surface area (Å²) in [6, 6.07) is 10.6. The number of hydrogen-bond donors (Lipinski definition) is 2. The van der Waals surface area contributed by atoms with Gasteiger partial charge in [-0.1, -0.05) is 54.6 Å². The molecule has 1 fully saturated rings.